The lowest BCUT2D eigenvalue weighted by atomic mass is 9.83. The van der Waals surface area contributed by atoms with Gasteiger partial charge in [0.15, 0.2) is 0 Å². The molecule has 4 nitrogen and oxygen atoms in total. The van der Waals surface area contributed by atoms with Gasteiger partial charge in [-0.05, 0) is 41.2 Å². The summed E-state index contributed by atoms with van der Waals surface area (Å²) >= 11 is 0. The smallest absolute Gasteiger partial charge is 0.311 e. The van der Waals surface area contributed by atoms with Crippen LogP contribution in [0.1, 0.15) is 38.3 Å². The lowest BCUT2D eigenvalue weighted by Gasteiger charge is -2.26. The van der Waals surface area contributed by atoms with Crippen LogP contribution in [0.5, 0.6) is 11.6 Å². The summed E-state index contributed by atoms with van der Waals surface area (Å²) in [5.41, 5.74) is 3.98. The van der Waals surface area contributed by atoms with Crippen LogP contribution in [0, 0.1) is 0 Å². The maximum absolute atomic E-state index is 11.8. The fraction of sp³-hybridized carbons (Fsp3) is 0.368. The van der Waals surface area contributed by atoms with Crippen LogP contribution in [-0.4, -0.2) is 18.1 Å². The summed E-state index contributed by atoms with van der Waals surface area (Å²) in [4.78, 5) is 16.0. The summed E-state index contributed by atoms with van der Waals surface area (Å²) in [5.74, 6) is 0.980. The number of carbonyl (C=O) groups excluding carboxylic acids is 1. The number of carbonyl (C=O) groups is 1. The lowest BCUT2D eigenvalue weighted by molar-refractivity contribution is -0.135. The molecule has 3 rings (SSSR count). The molecule has 1 aromatic carbocycles. The minimum atomic E-state index is -0.190. The Morgan fingerprint density at radius 1 is 1.17 bits per heavy atom. The molecule has 1 aromatic heterocycles. The zero-order chi connectivity index (χ0) is 16.6. The average Bonchev–Trinajstić information content (AvgIpc) is 2.53. The number of rotatable bonds is 2. The van der Waals surface area contributed by atoms with Crippen LogP contribution >= 0.6 is 0 Å². The van der Waals surface area contributed by atoms with Crippen LogP contribution in [0.3, 0.4) is 0 Å². The second kappa shape index (κ2) is 5.69. The Balaban J connectivity index is 2.27. The van der Waals surface area contributed by atoms with Gasteiger partial charge < -0.3 is 9.47 Å². The van der Waals surface area contributed by atoms with E-state index in [1.165, 1.54) is 5.56 Å². The molecule has 0 spiro atoms. The molecule has 2 aromatic rings. The van der Waals surface area contributed by atoms with Gasteiger partial charge in [0.05, 0.1) is 13.5 Å². The van der Waals surface area contributed by atoms with Gasteiger partial charge in [-0.25, -0.2) is 4.98 Å². The van der Waals surface area contributed by atoms with Gasteiger partial charge in [0.1, 0.15) is 5.75 Å². The van der Waals surface area contributed by atoms with E-state index >= 15 is 0 Å². The monoisotopic (exact) mass is 311 g/mol. The zero-order valence-corrected chi connectivity index (χ0v) is 14.0. The normalized spacial score (nSPS) is 14.2. The molecule has 0 saturated carbocycles. The highest BCUT2D eigenvalue weighted by Crippen LogP contribution is 2.42. The van der Waals surface area contributed by atoms with Gasteiger partial charge in [-0.15, -0.1) is 0 Å². The Kier molecular flexibility index (Phi) is 3.84. The van der Waals surface area contributed by atoms with Crippen molar-refractivity contribution in [3.8, 4) is 22.8 Å². The highest BCUT2D eigenvalue weighted by atomic mass is 16.5. The molecule has 0 saturated heterocycles. The van der Waals surface area contributed by atoms with Gasteiger partial charge in [-0.3, -0.25) is 4.79 Å². The molecule has 0 bridgehead atoms. The lowest BCUT2D eigenvalue weighted by Crippen LogP contribution is -2.19. The van der Waals surface area contributed by atoms with Crippen LogP contribution in [0.25, 0.3) is 11.1 Å². The number of benzene rings is 1. The number of pyridine rings is 1. The predicted molar refractivity (Wildman–Crippen MR) is 88.9 cm³/mol. The molecule has 120 valence electrons. The zero-order valence-electron chi connectivity index (χ0n) is 14.0. The summed E-state index contributed by atoms with van der Waals surface area (Å²) in [7, 11) is 1.60. The molecular formula is C19H21NO3. The van der Waals surface area contributed by atoms with E-state index in [1.807, 2.05) is 12.1 Å². The van der Waals surface area contributed by atoms with E-state index in [9.17, 15) is 4.79 Å². The molecule has 0 N–H and O–H groups in total. The number of fused-ring (bicyclic) bond motifs is 1. The number of nitrogens with zero attached hydrogens (tertiary/aromatic N) is 1. The first-order valence-electron chi connectivity index (χ1n) is 7.77. The van der Waals surface area contributed by atoms with Crippen LogP contribution in [-0.2, 0) is 16.6 Å². The summed E-state index contributed by atoms with van der Waals surface area (Å²) in [5, 5.41) is 0. The summed E-state index contributed by atoms with van der Waals surface area (Å²) in [6.45, 7) is 6.52. The third-order valence-electron chi connectivity index (χ3n) is 4.10. The average molecular weight is 311 g/mol. The number of hydrogen-bond donors (Lipinski definition) is 0. The maximum atomic E-state index is 11.8. The molecule has 0 atom stereocenters. The third-order valence-corrected chi connectivity index (χ3v) is 4.10. The van der Waals surface area contributed by atoms with Crippen molar-refractivity contribution >= 4 is 5.97 Å². The van der Waals surface area contributed by atoms with Gasteiger partial charge >= 0.3 is 5.97 Å². The minimum absolute atomic E-state index is 0.000675. The molecular weight excluding hydrogens is 290 g/mol. The molecule has 2 heterocycles. The fourth-order valence-electron chi connectivity index (χ4n) is 2.79. The van der Waals surface area contributed by atoms with Crippen molar-refractivity contribution in [2.24, 2.45) is 0 Å². The van der Waals surface area contributed by atoms with E-state index in [4.69, 9.17) is 9.47 Å². The molecule has 0 radical (unpaired) electrons. The van der Waals surface area contributed by atoms with Crippen LogP contribution in [0.15, 0.2) is 30.5 Å². The Labute approximate surface area is 136 Å². The number of esters is 1. The van der Waals surface area contributed by atoms with E-state index in [0.717, 1.165) is 16.7 Å². The molecule has 4 heteroatoms. The maximum Gasteiger partial charge on any atom is 0.311 e. The van der Waals surface area contributed by atoms with E-state index in [0.29, 0.717) is 24.5 Å². The Bertz CT molecular complexity index is 760. The first-order valence-corrected chi connectivity index (χ1v) is 7.77. The molecule has 0 unspecified atom stereocenters. The number of aryl methyl sites for hydroxylation is 1. The molecule has 1 aliphatic heterocycles. The highest BCUT2D eigenvalue weighted by molar-refractivity contribution is 5.83. The number of aromatic nitrogens is 1. The molecule has 0 amide bonds. The fourth-order valence-corrected chi connectivity index (χ4v) is 2.79. The molecule has 23 heavy (non-hydrogen) atoms. The highest BCUT2D eigenvalue weighted by Gasteiger charge is 2.26. The van der Waals surface area contributed by atoms with Crippen LogP contribution < -0.4 is 9.47 Å². The van der Waals surface area contributed by atoms with Gasteiger partial charge in [-0.1, -0.05) is 26.8 Å². The Hall–Kier alpha value is -2.36. The largest absolute Gasteiger partial charge is 0.481 e. The second-order valence-corrected chi connectivity index (χ2v) is 6.80. The van der Waals surface area contributed by atoms with Gasteiger partial charge in [-0.2, -0.15) is 0 Å². The number of ether oxygens (including phenoxy) is 2. The van der Waals surface area contributed by atoms with Crippen molar-refractivity contribution in [2.75, 3.05) is 7.11 Å². The summed E-state index contributed by atoms with van der Waals surface area (Å²) in [6, 6.07) is 8.03. The first-order chi connectivity index (χ1) is 10.9. The van der Waals surface area contributed by atoms with E-state index in [2.05, 4.69) is 37.9 Å². The van der Waals surface area contributed by atoms with Gasteiger partial charge in [0.2, 0.25) is 5.88 Å². The summed E-state index contributed by atoms with van der Waals surface area (Å²) < 4.78 is 11.0. The summed E-state index contributed by atoms with van der Waals surface area (Å²) in [6.07, 6.45) is 2.81. The van der Waals surface area contributed by atoms with Crippen molar-refractivity contribution in [3.05, 3.63) is 41.6 Å². The van der Waals surface area contributed by atoms with Crippen molar-refractivity contribution in [1.82, 2.24) is 4.98 Å². The third kappa shape index (κ3) is 2.93. The number of hydrogen-bond acceptors (Lipinski definition) is 4. The van der Waals surface area contributed by atoms with E-state index in [-0.39, 0.29) is 11.4 Å². The SMILES string of the molecule is COc1ncccc1-c1cc(C(C)(C)C)cc2c1OC(=O)CC2. The van der Waals surface area contributed by atoms with Gasteiger partial charge in [0.25, 0.3) is 0 Å². The molecule has 0 aliphatic carbocycles. The first kappa shape index (κ1) is 15.5. The molecule has 1 aliphatic rings. The Morgan fingerprint density at radius 3 is 2.65 bits per heavy atom. The van der Waals surface area contributed by atoms with Crippen LogP contribution in [0.2, 0.25) is 0 Å². The predicted octanol–water partition coefficient (Wildman–Crippen LogP) is 3.91. The number of methoxy groups -OCH3 is 1. The molecule has 0 fully saturated rings. The van der Waals surface area contributed by atoms with Gasteiger partial charge in [0, 0.05) is 17.3 Å². The van der Waals surface area contributed by atoms with Crippen molar-refractivity contribution in [3.63, 3.8) is 0 Å². The van der Waals surface area contributed by atoms with Crippen molar-refractivity contribution in [1.29, 1.82) is 0 Å². The van der Waals surface area contributed by atoms with E-state index < -0.39 is 0 Å². The van der Waals surface area contributed by atoms with Crippen molar-refractivity contribution in [2.45, 2.75) is 39.0 Å². The van der Waals surface area contributed by atoms with E-state index in [1.54, 1.807) is 13.3 Å². The standard InChI is InChI=1S/C19H21NO3/c1-19(2,3)13-10-12-7-8-16(21)23-17(12)15(11-13)14-6-5-9-20-18(14)22-4/h5-6,9-11H,7-8H2,1-4H3. The quantitative estimate of drug-likeness (QED) is 0.623. The van der Waals surface area contributed by atoms with Crippen LogP contribution in [0.4, 0.5) is 0 Å². The van der Waals surface area contributed by atoms with Crippen molar-refractivity contribution < 1.29 is 14.3 Å². The second-order valence-electron chi connectivity index (χ2n) is 6.80. The Morgan fingerprint density at radius 2 is 1.96 bits per heavy atom. The minimum Gasteiger partial charge on any atom is -0.481 e. The topological polar surface area (TPSA) is 48.4 Å².